The van der Waals surface area contributed by atoms with Crippen LogP contribution >= 0.6 is 11.8 Å². The van der Waals surface area contributed by atoms with Crippen molar-refractivity contribution in [2.45, 2.75) is 37.9 Å². The number of thioether (sulfide) groups is 1. The summed E-state index contributed by atoms with van der Waals surface area (Å²) in [6.45, 7) is 2.08. The van der Waals surface area contributed by atoms with Crippen LogP contribution in [0.4, 0.5) is 0 Å². The van der Waals surface area contributed by atoms with Crippen LogP contribution in [0.5, 0.6) is 0 Å². The van der Waals surface area contributed by atoms with Crippen LogP contribution in [0.15, 0.2) is 4.52 Å². The number of nitrogens with zero attached hydrogens (tertiary/aromatic N) is 2. The van der Waals surface area contributed by atoms with Crippen molar-refractivity contribution in [2.75, 3.05) is 5.75 Å². The van der Waals surface area contributed by atoms with Gasteiger partial charge in [0.15, 0.2) is 5.82 Å². The van der Waals surface area contributed by atoms with E-state index >= 15 is 0 Å². The van der Waals surface area contributed by atoms with Crippen LogP contribution < -0.4 is 0 Å². The molecule has 5 nitrogen and oxygen atoms in total. The van der Waals surface area contributed by atoms with Crippen molar-refractivity contribution in [3.8, 4) is 0 Å². The SMILES string of the molecule is CCSCc1noc(C2CCC(C(=O)O)C2)n1. The van der Waals surface area contributed by atoms with E-state index in [1.165, 1.54) is 0 Å². The van der Waals surface area contributed by atoms with Gasteiger partial charge < -0.3 is 9.63 Å². The molecule has 0 aromatic carbocycles. The zero-order valence-electron chi connectivity index (χ0n) is 9.76. The van der Waals surface area contributed by atoms with Crippen molar-refractivity contribution in [1.29, 1.82) is 0 Å². The van der Waals surface area contributed by atoms with Gasteiger partial charge in [0.25, 0.3) is 0 Å². The largest absolute Gasteiger partial charge is 0.481 e. The smallest absolute Gasteiger partial charge is 0.306 e. The molecule has 0 radical (unpaired) electrons. The average molecular weight is 256 g/mol. The molecular formula is C11H16N2O3S. The zero-order chi connectivity index (χ0) is 12.3. The Morgan fingerprint density at radius 2 is 2.41 bits per heavy atom. The first-order chi connectivity index (χ1) is 8.20. The lowest BCUT2D eigenvalue weighted by atomic mass is 10.1. The van der Waals surface area contributed by atoms with Crippen molar-refractivity contribution in [2.24, 2.45) is 5.92 Å². The van der Waals surface area contributed by atoms with Crippen molar-refractivity contribution < 1.29 is 14.4 Å². The van der Waals surface area contributed by atoms with E-state index in [1.54, 1.807) is 11.8 Å². The second-order valence-electron chi connectivity index (χ2n) is 4.23. The monoisotopic (exact) mass is 256 g/mol. The molecule has 1 aliphatic carbocycles. The lowest BCUT2D eigenvalue weighted by Crippen LogP contribution is -2.09. The third-order valence-electron chi connectivity index (χ3n) is 3.05. The highest BCUT2D eigenvalue weighted by atomic mass is 32.2. The van der Waals surface area contributed by atoms with Gasteiger partial charge >= 0.3 is 5.97 Å². The van der Waals surface area contributed by atoms with Crippen molar-refractivity contribution in [3.63, 3.8) is 0 Å². The van der Waals surface area contributed by atoms with Gasteiger partial charge in [-0.1, -0.05) is 12.1 Å². The van der Waals surface area contributed by atoms with Gasteiger partial charge in [-0.05, 0) is 25.0 Å². The van der Waals surface area contributed by atoms with E-state index in [0.717, 1.165) is 17.9 Å². The van der Waals surface area contributed by atoms with Crippen LogP contribution in [0.3, 0.4) is 0 Å². The summed E-state index contributed by atoms with van der Waals surface area (Å²) in [6.07, 6.45) is 2.17. The molecule has 1 saturated carbocycles. The quantitative estimate of drug-likeness (QED) is 0.871. The maximum absolute atomic E-state index is 10.9. The number of hydrogen-bond donors (Lipinski definition) is 1. The van der Waals surface area contributed by atoms with Gasteiger partial charge in [0.1, 0.15) is 0 Å². The molecule has 2 atom stereocenters. The minimum atomic E-state index is -0.714. The fourth-order valence-electron chi connectivity index (χ4n) is 2.12. The second kappa shape index (κ2) is 5.53. The van der Waals surface area contributed by atoms with Gasteiger partial charge in [0.05, 0.1) is 11.7 Å². The fourth-order valence-corrected chi connectivity index (χ4v) is 2.62. The summed E-state index contributed by atoms with van der Waals surface area (Å²) >= 11 is 1.74. The molecule has 0 spiro atoms. The summed E-state index contributed by atoms with van der Waals surface area (Å²) in [5, 5.41) is 12.8. The highest BCUT2D eigenvalue weighted by molar-refractivity contribution is 7.98. The number of aromatic nitrogens is 2. The molecule has 1 aliphatic rings. The van der Waals surface area contributed by atoms with Crippen molar-refractivity contribution in [1.82, 2.24) is 10.1 Å². The topological polar surface area (TPSA) is 76.2 Å². The predicted octanol–water partition coefficient (Wildman–Crippen LogP) is 2.29. The van der Waals surface area contributed by atoms with E-state index in [9.17, 15) is 4.79 Å². The molecule has 2 unspecified atom stereocenters. The lowest BCUT2D eigenvalue weighted by Gasteiger charge is -2.02. The van der Waals surface area contributed by atoms with E-state index in [-0.39, 0.29) is 11.8 Å². The van der Waals surface area contributed by atoms with Crippen LogP contribution in [0.25, 0.3) is 0 Å². The Balaban J connectivity index is 1.94. The molecule has 6 heteroatoms. The number of carboxylic acids is 1. The van der Waals surface area contributed by atoms with Crippen LogP contribution in [0.2, 0.25) is 0 Å². The summed E-state index contributed by atoms with van der Waals surface area (Å²) in [5.74, 6) is 2.27. The Labute approximate surface area is 104 Å². The number of aliphatic carboxylic acids is 1. The van der Waals surface area contributed by atoms with Gasteiger partial charge in [0.2, 0.25) is 5.89 Å². The first-order valence-electron chi connectivity index (χ1n) is 5.83. The molecule has 0 amide bonds. The summed E-state index contributed by atoms with van der Waals surface area (Å²) in [7, 11) is 0. The molecule has 1 N–H and O–H groups in total. The van der Waals surface area contributed by atoms with Gasteiger partial charge in [-0.25, -0.2) is 0 Å². The Kier molecular flexibility index (Phi) is 4.04. The van der Waals surface area contributed by atoms with Crippen LogP contribution in [0.1, 0.15) is 43.8 Å². The number of carboxylic acid groups (broad SMARTS) is 1. The maximum Gasteiger partial charge on any atom is 0.306 e. The van der Waals surface area contributed by atoms with E-state index in [4.69, 9.17) is 9.63 Å². The third-order valence-corrected chi connectivity index (χ3v) is 3.92. The highest BCUT2D eigenvalue weighted by Crippen LogP contribution is 2.37. The molecule has 17 heavy (non-hydrogen) atoms. The van der Waals surface area contributed by atoms with Crippen LogP contribution in [-0.4, -0.2) is 27.0 Å². The maximum atomic E-state index is 10.9. The molecular weight excluding hydrogens is 240 g/mol. The number of rotatable bonds is 5. The fraction of sp³-hybridized carbons (Fsp3) is 0.727. The predicted molar refractivity (Wildman–Crippen MR) is 63.9 cm³/mol. The third kappa shape index (κ3) is 3.00. The van der Waals surface area contributed by atoms with E-state index in [1.807, 2.05) is 0 Å². The molecule has 0 saturated heterocycles. The molecule has 1 aromatic heterocycles. The number of carbonyl (C=O) groups is 1. The summed E-state index contributed by atoms with van der Waals surface area (Å²) in [5.41, 5.74) is 0. The standard InChI is InChI=1S/C11H16N2O3S/c1-2-17-6-9-12-10(16-13-9)7-3-4-8(5-7)11(14)15/h7-8H,2-6H2,1H3,(H,14,15). The molecule has 1 aromatic rings. The molecule has 1 heterocycles. The van der Waals surface area contributed by atoms with Gasteiger partial charge in [-0.15, -0.1) is 0 Å². The minimum absolute atomic E-state index is 0.129. The number of hydrogen-bond acceptors (Lipinski definition) is 5. The molecule has 94 valence electrons. The average Bonchev–Trinajstić information content (AvgIpc) is 2.94. The first-order valence-corrected chi connectivity index (χ1v) is 6.99. The normalized spacial score (nSPS) is 24.1. The Morgan fingerprint density at radius 1 is 1.59 bits per heavy atom. The van der Waals surface area contributed by atoms with E-state index in [2.05, 4.69) is 17.1 Å². The van der Waals surface area contributed by atoms with Crippen LogP contribution in [0, 0.1) is 5.92 Å². The van der Waals surface area contributed by atoms with Gasteiger partial charge in [-0.2, -0.15) is 16.7 Å². The zero-order valence-corrected chi connectivity index (χ0v) is 10.6. The Bertz CT molecular complexity index is 394. The molecule has 2 rings (SSSR count). The second-order valence-corrected chi connectivity index (χ2v) is 5.51. The molecule has 0 bridgehead atoms. The Hall–Kier alpha value is -1.04. The lowest BCUT2D eigenvalue weighted by molar-refractivity contribution is -0.141. The van der Waals surface area contributed by atoms with E-state index in [0.29, 0.717) is 24.6 Å². The summed E-state index contributed by atoms with van der Waals surface area (Å²) in [4.78, 5) is 15.2. The van der Waals surface area contributed by atoms with Gasteiger partial charge in [-0.3, -0.25) is 4.79 Å². The van der Waals surface area contributed by atoms with Gasteiger partial charge in [0, 0.05) is 5.92 Å². The minimum Gasteiger partial charge on any atom is -0.481 e. The summed E-state index contributed by atoms with van der Waals surface area (Å²) in [6, 6.07) is 0. The first kappa shape index (κ1) is 12.4. The Morgan fingerprint density at radius 3 is 3.06 bits per heavy atom. The van der Waals surface area contributed by atoms with E-state index < -0.39 is 5.97 Å². The van der Waals surface area contributed by atoms with Crippen LogP contribution in [-0.2, 0) is 10.5 Å². The molecule has 1 fully saturated rings. The van der Waals surface area contributed by atoms with Crippen molar-refractivity contribution in [3.05, 3.63) is 11.7 Å². The summed E-state index contributed by atoms with van der Waals surface area (Å²) < 4.78 is 5.21. The van der Waals surface area contributed by atoms with Crippen molar-refractivity contribution >= 4 is 17.7 Å². The molecule has 0 aliphatic heterocycles. The highest BCUT2D eigenvalue weighted by Gasteiger charge is 2.33.